The number of nitrogens with two attached hydrogens (primary N) is 1. The molecule has 224 valence electrons. The fourth-order valence-electron chi connectivity index (χ4n) is 4.09. The van der Waals surface area contributed by atoms with Crippen molar-refractivity contribution in [1.82, 2.24) is 10.3 Å². The van der Waals surface area contributed by atoms with Gasteiger partial charge in [-0.1, -0.05) is 6.07 Å². The highest BCUT2D eigenvalue weighted by Crippen LogP contribution is 2.51. The number of amides is 3. The summed E-state index contributed by atoms with van der Waals surface area (Å²) in [5.41, 5.74) is 1.05. The number of benzene rings is 1. The Morgan fingerprint density at radius 2 is 1.85 bits per heavy atom. The molecule has 3 rings (SSSR count). The minimum absolute atomic E-state index is 0.0169. The van der Waals surface area contributed by atoms with Crippen molar-refractivity contribution in [2.45, 2.75) is 63.5 Å². The summed E-state index contributed by atoms with van der Waals surface area (Å²) in [6.07, 6.45) is -7.28. The maximum absolute atomic E-state index is 14.9. The van der Waals surface area contributed by atoms with E-state index in [0.29, 0.717) is 6.07 Å². The molecule has 0 radical (unpaired) electrons. The van der Waals surface area contributed by atoms with Gasteiger partial charge >= 0.3 is 12.3 Å². The maximum Gasteiger partial charge on any atom is 0.417 e. The van der Waals surface area contributed by atoms with Crippen LogP contribution in [0.25, 0.3) is 0 Å². The summed E-state index contributed by atoms with van der Waals surface area (Å²) in [5, 5.41) is 4.70. The van der Waals surface area contributed by atoms with Gasteiger partial charge in [0.2, 0.25) is 5.82 Å². The largest absolute Gasteiger partial charge is 0.488 e. The lowest BCUT2D eigenvalue weighted by molar-refractivity contribution is -0.261. The third-order valence-electron chi connectivity index (χ3n) is 6.00. The number of ether oxygens (including phenoxy) is 3. The smallest absolute Gasteiger partial charge is 0.417 e. The van der Waals surface area contributed by atoms with E-state index in [2.05, 4.69) is 15.6 Å². The molecule has 1 saturated heterocycles. The van der Waals surface area contributed by atoms with Crippen LogP contribution in [0.4, 0.5) is 32.4 Å². The molecule has 1 aliphatic heterocycles. The monoisotopic (exact) mass is 588 g/mol. The van der Waals surface area contributed by atoms with Gasteiger partial charge < -0.3 is 30.6 Å². The van der Waals surface area contributed by atoms with Crippen molar-refractivity contribution in [3.63, 3.8) is 0 Å². The molecule has 1 aromatic carbocycles. The highest BCUT2D eigenvalue weighted by Gasteiger charge is 2.61. The van der Waals surface area contributed by atoms with Crippen molar-refractivity contribution in [2.75, 3.05) is 18.5 Å². The van der Waals surface area contributed by atoms with Gasteiger partial charge in [0.05, 0.1) is 6.54 Å². The van der Waals surface area contributed by atoms with E-state index in [4.69, 9.17) is 19.9 Å². The first-order valence-electron chi connectivity index (χ1n) is 12.3. The molecule has 3 amide bonds. The molecule has 0 unspecified atom stereocenters. The number of hydrogen-bond donors (Lipinski definition) is 3. The van der Waals surface area contributed by atoms with E-state index in [1.54, 1.807) is 20.8 Å². The van der Waals surface area contributed by atoms with Gasteiger partial charge in [-0.3, -0.25) is 14.6 Å². The van der Waals surface area contributed by atoms with Crippen molar-refractivity contribution in [2.24, 2.45) is 5.73 Å². The summed E-state index contributed by atoms with van der Waals surface area (Å²) >= 11 is 0. The quantitative estimate of drug-likeness (QED) is 0.310. The molecule has 1 fully saturated rings. The highest BCUT2D eigenvalue weighted by molar-refractivity contribution is 5.97. The Labute approximate surface area is 231 Å². The van der Waals surface area contributed by atoms with E-state index < -0.39 is 77.7 Å². The number of carbonyl (C=O) groups excluding carboxylic acids is 3. The first-order chi connectivity index (χ1) is 18.9. The summed E-state index contributed by atoms with van der Waals surface area (Å²) < 4.78 is 86.7. The Kier molecular flexibility index (Phi) is 9.11. The fraction of sp³-hybridized carbons (Fsp3) is 0.462. The Bertz CT molecular complexity index is 1320. The predicted octanol–water partition coefficient (Wildman–Crippen LogP) is 4.19. The molecular weight excluding hydrogens is 559 g/mol. The average Bonchev–Trinajstić information content (AvgIpc) is 3.22. The Morgan fingerprint density at radius 3 is 2.46 bits per heavy atom. The van der Waals surface area contributed by atoms with Crippen molar-refractivity contribution >= 4 is 23.6 Å². The first-order valence-corrected chi connectivity index (χ1v) is 12.3. The van der Waals surface area contributed by atoms with Gasteiger partial charge in [-0.2, -0.15) is 17.6 Å². The second-order valence-corrected chi connectivity index (χ2v) is 10.4. The Morgan fingerprint density at radius 1 is 1.17 bits per heavy atom. The first kappa shape index (κ1) is 31.5. The second kappa shape index (κ2) is 11.8. The highest BCUT2D eigenvalue weighted by atomic mass is 19.4. The van der Waals surface area contributed by atoms with Crippen molar-refractivity contribution in [1.29, 1.82) is 0 Å². The van der Waals surface area contributed by atoms with Gasteiger partial charge in [-0.25, -0.2) is 9.18 Å². The molecule has 10 nitrogen and oxygen atoms in total. The number of nitrogens with one attached hydrogen (secondary N) is 2. The van der Waals surface area contributed by atoms with Crippen LogP contribution in [-0.4, -0.2) is 59.5 Å². The molecule has 0 spiro atoms. The molecule has 4 N–H and O–H groups in total. The molecule has 0 saturated carbocycles. The van der Waals surface area contributed by atoms with E-state index in [1.807, 2.05) is 0 Å². The molecule has 1 aromatic heterocycles. The van der Waals surface area contributed by atoms with Crippen LogP contribution in [0.3, 0.4) is 0 Å². The lowest BCUT2D eigenvalue weighted by atomic mass is 9.85. The molecule has 0 bridgehead atoms. The molecule has 0 aliphatic carbocycles. The van der Waals surface area contributed by atoms with Crippen LogP contribution < -0.4 is 21.1 Å². The number of carbonyl (C=O) groups is 3. The molecule has 3 atom stereocenters. The maximum atomic E-state index is 14.9. The summed E-state index contributed by atoms with van der Waals surface area (Å²) in [4.78, 5) is 40.2. The SMILES string of the molecule is CC(C)(C)OC(=O)NCCOc1c([C@@H]2C[C@](C)(C(F)(F)F)O[C@H]2C(=O)Nc2ccnc(C(N)=O)c2)ccc(F)c1F. The van der Waals surface area contributed by atoms with Crippen LogP contribution in [-0.2, 0) is 14.3 Å². The van der Waals surface area contributed by atoms with E-state index >= 15 is 0 Å². The number of alkyl halides is 3. The van der Waals surface area contributed by atoms with Crippen LogP contribution in [0.5, 0.6) is 5.75 Å². The standard InChI is InChI=1S/C26H29F5N4O6/c1-24(2,3)41-23(38)34-9-10-39-19-14(5-6-16(27)18(19)28)15-12-25(4,26(29,30)31)40-20(15)22(37)35-13-7-8-33-17(11-13)21(32)36/h5-8,11,15,20H,9-10,12H2,1-4H3,(H2,32,36)(H,34,38)(H,33,35,37)/t15-,20+,25+/m0/s1. The van der Waals surface area contributed by atoms with Crippen LogP contribution >= 0.6 is 0 Å². The molecule has 2 aromatic rings. The summed E-state index contributed by atoms with van der Waals surface area (Å²) in [5.74, 6) is -7.02. The van der Waals surface area contributed by atoms with Gasteiger partial charge in [-0.05, 0) is 52.3 Å². The average molecular weight is 589 g/mol. The van der Waals surface area contributed by atoms with Gasteiger partial charge in [0.15, 0.2) is 17.2 Å². The van der Waals surface area contributed by atoms with Crippen molar-refractivity contribution in [3.05, 3.63) is 53.4 Å². The van der Waals surface area contributed by atoms with E-state index in [9.17, 15) is 36.3 Å². The third-order valence-corrected chi connectivity index (χ3v) is 6.00. The second-order valence-electron chi connectivity index (χ2n) is 10.4. The molecule has 1 aliphatic rings. The van der Waals surface area contributed by atoms with Crippen LogP contribution in [0.1, 0.15) is 56.1 Å². The van der Waals surface area contributed by atoms with E-state index in [1.165, 1.54) is 6.07 Å². The van der Waals surface area contributed by atoms with Gasteiger partial charge in [0.1, 0.15) is 24.0 Å². The van der Waals surface area contributed by atoms with E-state index in [-0.39, 0.29) is 23.5 Å². The van der Waals surface area contributed by atoms with Crippen LogP contribution in [0.15, 0.2) is 30.5 Å². The van der Waals surface area contributed by atoms with Crippen molar-refractivity contribution < 1.29 is 50.5 Å². The molecule has 41 heavy (non-hydrogen) atoms. The number of aromatic nitrogens is 1. The number of pyridine rings is 1. The predicted molar refractivity (Wildman–Crippen MR) is 134 cm³/mol. The number of primary amides is 1. The minimum Gasteiger partial charge on any atom is -0.488 e. The molecule has 15 heteroatoms. The lowest BCUT2D eigenvalue weighted by Crippen LogP contribution is -2.43. The topological polar surface area (TPSA) is 142 Å². The Hall–Kier alpha value is -4.01. The summed E-state index contributed by atoms with van der Waals surface area (Å²) in [7, 11) is 0. The van der Waals surface area contributed by atoms with Gasteiger partial charge in [0.25, 0.3) is 11.8 Å². The minimum atomic E-state index is -4.94. The number of anilines is 1. The zero-order valence-corrected chi connectivity index (χ0v) is 22.5. The number of halogens is 5. The number of rotatable bonds is 8. The molecule has 2 heterocycles. The number of hydrogen-bond acceptors (Lipinski definition) is 7. The van der Waals surface area contributed by atoms with Crippen molar-refractivity contribution in [3.8, 4) is 5.75 Å². The van der Waals surface area contributed by atoms with Crippen LogP contribution in [0, 0.1) is 11.6 Å². The molecular formula is C26H29F5N4O6. The van der Waals surface area contributed by atoms with Gasteiger partial charge in [-0.15, -0.1) is 0 Å². The zero-order chi connectivity index (χ0) is 30.8. The van der Waals surface area contributed by atoms with Gasteiger partial charge in [0, 0.05) is 23.4 Å². The third kappa shape index (κ3) is 7.60. The lowest BCUT2D eigenvalue weighted by Gasteiger charge is -2.27. The number of nitrogens with zero attached hydrogens (tertiary/aromatic N) is 1. The summed E-state index contributed by atoms with van der Waals surface area (Å²) in [6.45, 7) is 4.99. The van der Waals surface area contributed by atoms with E-state index in [0.717, 1.165) is 25.3 Å². The summed E-state index contributed by atoms with van der Waals surface area (Å²) in [6, 6.07) is 4.07. The number of alkyl carbamates (subject to hydrolysis) is 1. The van der Waals surface area contributed by atoms with Crippen LogP contribution in [0.2, 0.25) is 0 Å². The normalized spacial score (nSPS) is 20.8. The zero-order valence-electron chi connectivity index (χ0n) is 22.5. The fourth-order valence-corrected chi connectivity index (χ4v) is 4.09. The Balaban J connectivity index is 1.90.